The Kier molecular flexibility index (Phi) is 5.53. The lowest BCUT2D eigenvalue weighted by molar-refractivity contribution is -0.122. The van der Waals surface area contributed by atoms with Crippen molar-refractivity contribution in [2.75, 3.05) is 11.9 Å². The Bertz CT molecular complexity index is 1010. The summed E-state index contributed by atoms with van der Waals surface area (Å²) in [5.41, 5.74) is 1.52. The van der Waals surface area contributed by atoms with Crippen molar-refractivity contribution in [3.63, 3.8) is 0 Å². The van der Waals surface area contributed by atoms with E-state index in [2.05, 4.69) is 15.0 Å². The van der Waals surface area contributed by atoms with Gasteiger partial charge in [0.05, 0.1) is 4.90 Å². The number of sulfonamides is 1. The van der Waals surface area contributed by atoms with Gasteiger partial charge < -0.3 is 10.1 Å². The fourth-order valence-corrected chi connectivity index (χ4v) is 4.53. The quantitative estimate of drug-likeness (QED) is 0.805. The number of aliphatic imine (C=N–C) groups is 1. The number of fused-ring (bicyclic) bond motifs is 1. The minimum absolute atomic E-state index is 0.131. The van der Waals surface area contributed by atoms with E-state index in [0.29, 0.717) is 30.9 Å². The van der Waals surface area contributed by atoms with Crippen LogP contribution in [0.4, 0.5) is 5.69 Å². The number of hydrogen-bond acceptors (Lipinski definition) is 5. The van der Waals surface area contributed by atoms with E-state index in [1.807, 2.05) is 24.3 Å². The molecule has 0 saturated carbocycles. The summed E-state index contributed by atoms with van der Waals surface area (Å²) in [4.78, 5) is 16.9. The first-order valence-electron chi connectivity index (χ1n) is 9.73. The van der Waals surface area contributed by atoms with Crippen molar-refractivity contribution in [2.24, 2.45) is 4.99 Å². The van der Waals surface area contributed by atoms with E-state index in [1.54, 1.807) is 12.1 Å². The highest BCUT2D eigenvalue weighted by molar-refractivity contribution is 7.90. The van der Waals surface area contributed by atoms with Crippen molar-refractivity contribution in [2.45, 2.75) is 43.1 Å². The number of carbonyl (C=O) groups is 1. The van der Waals surface area contributed by atoms with Gasteiger partial charge in [-0.15, -0.1) is 0 Å². The second-order valence-electron chi connectivity index (χ2n) is 7.18. The van der Waals surface area contributed by atoms with Crippen LogP contribution in [0.2, 0.25) is 0 Å². The number of para-hydroxylation sites is 1. The molecule has 7 nitrogen and oxygen atoms in total. The van der Waals surface area contributed by atoms with Gasteiger partial charge in [0.25, 0.3) is 15.9 Å². The van der Waals surface area contributed by atoms with Crippen LogP contribution in [0, 0.1) is 0 Å². The molecule has 0 bridgehead atoms. The third kappa shape index (κ3) is 4.59. The molecule has 29 heavy (non-hydrogen) atoms. The highest BCUT2D eigenvalue weighted by Gasteiger charge is 2.28. The molecule has 2 aliphatic rings. The summed E-state index contributed by atoms with van der Waals surface area (Å²) < 4.78 is 33.4. The van der Waals surface area contributed by atoms with Crippen LogP contribution in [0.5, 0.6) is 5.75 Å². The summed E-state index contributed by atoms with van der Waals surface area (Å²) in [6, 6.07) is 13.6. The van der Waals surface area contributed by atoms with Crippen LogP contribution in [0.3, 0.4) is 0 Å². The van der Waals surface area contributed by atoms with Crippen molar-refractivity contribution < 1.29 is 17.9 Å². The molecule has 0 saturated heterocycles. The largest absolute Gasteiger partial charge is 0.480 e. The molecule has 0 aromatic heterocycles. The van der Waals surface area contributed by atoms with E-state index in [9.17, 15) is 13.2 Å². The van der Waals surface area contributed by atoms with Gasteiger partial charge in [0.2, 0.25) is 0 Å². The van der Waals surface area contributed by atoms with Crippen LogP contribution in [-0.2, 0) is 21.2 Å². The predicted molar refractivity (Wildman–Crippen MR) is 111 cm³/mol. The number of ether oxygens (including phenoxy) is 1. The SMILES string of the molecule is O=C(Nc1ccc(S(=O)(=O)NC2=NCCCCC2)cc1)[C@@H]1Cc2ccccc2O1. The van der Waals surface area contributed by atoms with Crippen molar-refractivity contribution in [3.8, 4) is 5.75 Å². The molecular formula is C21H23N3O4S. The summed E-state index contributed by atoms with van der Waals surface area (Å²) in [6.07, 6.45) is 3.52. The van der Waals surface area contributed by atoms with Gasteiger partial charge in [-0.25, -0.2) is 8.42 Å². The number of nitrogens with one attached hydrogen (secondary N) is 2. The first kappa shape index (κ1) is 19.4. The van der Waals surface area contributed by atoms with Crippen LogP contribution in [-0.4, -0.2) is 32.8 Å². The number of anilines is 1. The van der Waals surface area contributed by atoms with E-state index >= 15 is 0 Å². The first-order valence-corrected chi connectivity index (χ1v) is 11.2. The lowest BCUT2D eigenvalue weighted by atomic mass is 10.1. The Labute approximate surface area is 170 Å². The third-order valence-corrected chi connectivity index (χ3v) is 6.40. The molecule has 2 heterocycles. The number of amidine groups is 1. The molecule has 2 aromatic carbocycles. The predicted octanol–water partition coefficient (Wildman–Crippen LogP) is 2.88. The van der Waals surface area contributed by atoms with Crippen molar-refractivity contribution >= 4 is 27.5 Å². The average Bonchev–Trinajstić information content (AvgIpc) is 2.99. The van der Waals surface area contributed by atoms with E-state index in [0.717, 1.165) is 30.6 Å². The second-order valence-corrected chi connectivity index (χ2v) is 8.86. The summed E-state index contributed by atoms with van der Waals surface area (Å²) in [6.45, 7) is 0.649. The number of benzene rings is 2. The molecule has 2 aliphatic heterocycles. The fraction of sp³-hybridized carbons (Fsp3) is 0.333. The van der Waals surface area contributed by atoms with E-state index in [-0.39, 0.29) is 10.8 Å². The Morgan fingerprint density at radius 3 is 2.62 bits per heavy atom. The molecule has 152 valence electrons. The molecule has 0 fully saturated rings. The number of nitrogens with zero attached hydrogens (tertiary/aromatic N) is 1. The fourth-order valence-electron chi connectivity index (χ4n) is 3.44. The number of rotatable bonds is 4. The topological polar surface area (TPSA) is 96.9 Å². The van der Waals surface area contributed by atoms with Crippen LogP contribution < -0.4 is 14.8 Å². The van der Waals surface area contributed by atoms with E-state index in [1.165, 1.54) is 12.1 Å². The average molecular weight is 413 g/mol. The van der Waals surface area contributed by atoms with E-state index in [4.69, 9.17) is 4.74 Å². The van der Waals surface area contributed by atoms with Crippen LogP contribution in [0.25, 0.3) is 0 Å². The third-order valence-electron chi connectivity index (χ3n) is 5.00. The molecular weight excluding hydrogens is 390 g/mol. The van der Waals surface area contributed by atoms with Gasteiger partial charge in [-0.3, -0.25) is 14.5 Å². The number of carbonyl (C=O) groups excluding carboxylic acids is 1. The van der Waals surface area contributed by atoms with Crippen LogP contribution >= 0.6 is 0 Å². The van der Waals surface area contributed by atoms with Gasteiger partial charge in [-0.05, 0) is 48.7 Å². The zero-order valence-corrected chi connectivity index (χ0v) is 16.7. The first-order chi connectivity index (χ1) is 14.0. The Morgan fingerprint density at radius 1 is 1.03 bits per heavy atom. The standard InChI is InChI=1S/C21H23N3O4S/c25-21(19-14-15-6-3-4-7-18(15)28-19)23-16-9-11-17(12-10-16)29(26,27)24-20-8-2-1-5-13-22-20/h3-4,6-7,9-12,19H,1-2,5,8,13-14H2,(H,22,24)(H,23,25)/t19-/m0/s1. The lowest BCUT2D eigenvalue weighted by Gasteiger charge is -2.13. The van der Waals surface area contributed by atoms with Crippen molar-refractivity contribution in [3.05, 3.63) is 54.1 Å². The number of hydrogen-bond donors (Lipinski definition) is 2. The minimum Gasteiger partial charge on any atom is -0.480 e. The molecule has 1 atom stereocenters. The maximum Gasteiger partial charge on any atom is 0.265 e. The second kappa shape index (κ2) is 8.24. The lowest BCUT2D eigenvalue weighted by Crippen LogP contribution is -2.31. The van der Waals surface area contributed by atoms with Crippen molar-refractivity contribution in [1.29, 1.82) is 0 Å². The van der Waals surface area contributed by atoms with Gasteiger partial charge in [0.1, 0.15) is 11.6 Å². The minimum atomic E-state index is -3.69. The summed E-state index contributed by atoms with van der Waals surface area (Å²) in [5.74, 6) is 0.974. The van der Waals surface area contributed by atoms with Crippen molar-refractivity contribution in [1.82, 2.24) is 4.72 Å². The van der Waals surface area contributed by atoms with Gasteiger partial charge in [0.15, 0.2) is 6.10 Å². The molecule has 2 N–H and O–H groups in total. The normalized spacial score (nSPS) is 18.8. The highest BCUT2D eigenvalue weighted by atomic mass is 32.2. The zero-order valence-electron chi connectivity index (χ0n) is 15.9. The molecule has 0 radical (unpaired) electrons. The molecule has 0 spiro atoms. The van der Waals surface area contributed by atoms with Gasteiger partial charge in [-0.1, -0.05) is 24.6 Å². The molecule has 8 heteroatoms. The maximum atomic E-state index is 12.6. The van der Waals surface area contributed by atoms with Gasteiger partial charge in [-0.2, -0.15) is 0 Å². The summed E-state index contributed by atoms with van der Waals surface area (Å²) in [5, 5.41) is 2.78. The summed E-state index contributed by atoms with van der Waals surface area (Å²) >= 11 is 0. The molecule has 0 aliphatic carbocycles. The van der Waals surface area contributed by atoms with E-state index < -0.39 is 16.1 Å². The molecule has 4 rings (SSSR count). The molecule has 1 amide bonds. The zero-order chi connectivity index (χ0) is 20.3. The Hall–Kier alpha value is -2.87. The highest BCUT2D eigenvalue weighted by Crippen LogP contribution is 2.28. The maximum absolute atomic E-state index is 12.6. The molecule has 2 aromatic rings. The monoisotopic (exact) mass is 413 g/mol. The van der Waals surface area contributed by atoms with Gasteiger partial charge >= 0.3 is 0 Å². The number of amides is 1. The molecule has 0 unspecified atom stereocenters. The Morgan fingerprint density at radius 2 is 1.83 bits per heavy atom. The van der Waals surface area contributed by atoms with Gasteiger partial charge in [0, 0.05) is 25.1 Å². The van der Waals surface area contributed by atoms with Crippen LogP contribution in [0.15, 0.2) is 58.4 Å². The summed E-state index contributed by atoms with van der Waals surface area (Å²) in [7, 11) is -3.69. The Balaban J connectivity index is 1.39. The van der Waals surface area contributed by atoms with Crippen LogP contribution in [0.1, 0.15) is 31.2 Å². The smallest absolute Gasteiger partial charge is 0.265 e.